The summed E-state index contributed by atoms with van der Waals surface area (Å²) in [6.45, 7) is 1.58. The molecule has 10 nitrogen and oxygen atoms in total. The fraction of sp³-hybridized carbons (Fsp3) is 0.0714. The molecule has 12 heteroatoms. The molecule has 1 aromatic carbocycles. The summed E-state index contributed by atoms with van der Waals surface area (Å²) in [7, 11) is 0. The molecular formula is C14H10Cl2N6O4. The Morgan fingerprint density at radius 1 is 1.12 bits per heavy atom. The van der Waals surface area contributed by atoms with Gasteiger partial charge in [0.15, 0.2) is 5.75 Å². The molecule has 2 heterocycles. The highest BCUT2D eigenvalue weighted by molar-refractivity contribution is 6.37. The first kappa shape index (κ1) is 17.7. The van der Waals surface area contributed by atoms with E-state index in [9.17, 15) is 14.4 Å². The van der Waals surface area contributed by atoms with Crippen LogP contribution in [0.5, 0.6) is 11.6 Å². The zero-order valence-corrected chi connectivity index (χ0v) is 14.6. The zero-order chi connectivity index (χ0) is 19.0. The van der Waals surface area contributed by atoms with Crippen LogP contribution < -0.4 is 27.3 Å². The molecule has 26 heavy (non-hydrogen) atoms. The lowest BCUT2D eigenvalue weighted by molar-refractivity contribution is 0.454. The van der Waals surface area contributed by atoms with E-state index in [1.54, 1.807) is 6.92 Å². The molecule has 3 aromatic rings. The summed E-state index contributed by atoms with van der Waals surface area (Å²) in [6, 6.07) is 4.09. The molecule has 0 amide bonds. The van der Waals surface area contributed by atoms with Crippen molar-refractivity contribution < 1.29 is 4.74 Å². The molecule has 134 valence electrons. The van der Waals surface area contributed by atoms with Gasteiger partial charge in [-0.2, -0.15) is 4.68 Å². The van der Waals surface area contributed by atoms with E-state index in [0.29, 0.717) is 5.56 Å². The first-order valence-electron chi connectivity index (χ1n) is 6.99. The average molecular weight is 397 g/mol. The summed E-state index contributed by atoms with van der Waals surface area (Å²) in [4.78, 5) is 36.5. The van der Waals surface area contributed by atoms with Crippen molar-refractivity contribution in [1.82, 2.24) is 25.0 Å². The van der Waals surface area contributed by atoms with Gasteiger partial charge in [-0.15, -0.1) is 10.2 Å². The predicted octanol–water partition coefficient (Wildman–Crippen LogP) is 0.994. The lowest BCUT2D eigenvalue weighted by atomic mass is 10.3. The van der Waals surface area contributed by atoms with Gasteiger partial charge in [0.2, 0.25) is 11.7 Å². The van der Waals surface area contributed by atoms with E-state index in [0.717, 1.165) is 4.68 Å². The number of hydrogen-bond donors (Lipinski definition) is 3. The Morgan fingerprint density at radius 3 is 2.38 bits per heavy atom. The zero-order valence-electron chi connectivity index (χ0n) is 13.0. The van der Waals surface area contributed by atoms with Gasteiger partial charge in [-0.25, -0.2) is 9.89 Å². The number of rotatable bonds is 3. The number of anilines is 1. The Bertz CT molecular complexity index is 1160. The highest BCUT2D eigenvalue weighted by Crippen LogP contribution is 2.37. The number of nitrogen functional groups attached to an aromatic ring is 1. The van der Waals surface area contributed by atoms with Gasteiger partial charge in [-0.1, -0.05) is 23.2 Å². The van der Waals surface area contributed by atoms with E-state index < -0.39 is 17.1 Å². The van der Waals surface area contributed by atoms with Crippen molar-refractivity contribution in [2.75, 3.05) is 5.73 Å². The number of nitrogens with one attached hydrogen (secondary N) is 2. The van der Waals surface area contributed by atoms with Crippen LogP contribution in [0.1, 0.15) is 5.56 Å². The maximum absolute atomic E-state index is 11.9. The number of aromatic nitrogens is 5. The summed E-state index contributed by atoms with van der Waals surface area (Å²) in [5.74, 6) is -0.270. The minimum Gasteiger partial charge on any atom is -0.434 e. The van der Waals surface area contributed by atoms with Crippen LogP contribution in [0.2, 0.25) is 10.0 Å². The minimum atomic E-state index is -0.817. The number of H-pyrrole nitrogens is 2. The van der Waals surface area contributed by atoms with Crippen molar-refractivity contribution in [2.24, 2.45) is 0 Å². The van der Waals surface area contributed by atoms with Crippen molar-refractivity contribution in [2.45, 2.75) is 6.92 Å². The molecule has 0 saturated carbocycles. The maximum atomic E-state index is 11.9. The molecule has 0 fully saturated rings. The fourth-order valence-corrected chi connectivity index (χ4v) is 2.54. The third-order valence-corrected chi connectivity index (χ3v) is 3.81. The molecule has 0 aliphatic heterocycles. The Balaban J connectivity index is 2.05. The van der Waals surface area contributed by atoms with Gasteiger partial charge in [-0.05, 0) is 19.1 Å². The molecule has 0 saturated heterocycles. The lowest BCUT2D eigenvalue weighted by Crippen LogP contribution is -2.33. The van der Waals surface area contributed by atoms with Gasteiger partial charge >= 0.3 is 5.69 Å². The number of benzene rings is 1. The molecule has 0 atom stereocenters. The predicted molar refractivity (Wildman–Crippen MR) is 94.6 cm³/mol. The van der Waals surface area contributed by atoms with Crippen molar-refractivity contribution in [3.8, 4) is 17.3 Å². The summed E-state index contributed by atoms with van der Waals surface area (Å²) in [5.41, 5.74) is 3.99. The van der Waals surface area contributed by atoms with Crippen molar-refractivity contribution in [1.29, 1.82) is 0 Å². The molecular weight excluding hydrogens is 387 g/mol. The number of hydrogen-bond acceptors (Lipinski definition) is 7. The number of ether oxygens (including phenoxy) is 1. The quantitative estimate of drug-likeness (QED) is 0.597. The Morgan fingerprint density at radius 2 is 1.77 bits per heavy atom. The number of halogens is 2. The molecule has 0 aliphatic rings. The second-order valence-corrected chi connectivity index (χ2v) is 5.93. The largest absolute Gasteiger partial charge is 0.434 e. The van der Waals surface area contributed by atoms with Crippen LogP contribution in [0, 0.1) is 6.92 Å². The Labute approximate surface area is 154 Å². The van der Waals surface area contributed by atoms with Crippen LogP contribution in [0.3, 0.4) is 0 Å². The first-order valence-corrected chi connectivity index (χ1v) is 7.74. The molecule has 3 rings (SSSR count). The third kappa shape index (κ3) is 3.32. The highest BCUT2D eigenvalue weighted by Gasteiger charge is 2.15. The van der Waals surface area contributed by atoms with Crippen molar-refractivity contribution in [3.05, 3.63) is 65.0 Å². The van der Waals surface area contributed by atoms with Crippen LogP contribution >= 0.6 is 23.2 Å². The fourth-order valence-electron chi connectivity index (χ4n) is 1.99. The summed E-state index contributed by atoms with van der Waals surface area (Å²) >= 11 is 12.3. The van der Waals surface area contributed by atoms with Gasteiger partial charge in [0, 0.05) is 11.6 Å². The Hall–Kier alpha value is -3.11. The Kier molecular flexibility index (Phi) is 4.53. The topological polar surface area (TPSA) is 149 Å². The van der Waals surface area contributed by atoms with Gasteiger partial charge in [0.1, 0.15) is 0 Å². The van der Waals surface area contributed by atoms with E-state index in [2.05, 4.69) is 15.3 Å². The second-order valence-electron chi connectivity index (χ2n) is 5.12. The standard InChI is InChI=1S/C14H10Cl2N6O4/c1-5-2-9(19-20-12(5)23)26-10-7(15)3-6(4-8(10)16)22-14(25)18-13(24)11(17)21-22/h2-4H,1H3,(H2,17,21)(H,20,23)(H,18,24,25). The summed E-state index contributed by atoms with van der Waals surface area (Å²) in [5, 5.41) is 9.76. The van der Waals surface area contributed by atoms with E-state index in [1.165, 1.54) is 18.2 Å². The number of aryl methyl sites for hydroxylation is 1. The van der Waals surface area contributed by atoms with Gasteiger partial charge < -0.3 is 10.5 Å². The SMILES string of the molecule is Cc1cc(Oc2c(Cl)cc(-n3nc(N)c(=O)[nH]c3=O)cc2Cl)n[nH]c1=O. The van der Waals surface area contributed by atoms with Gasteiger partial charge in [-0.3, -0.25) is 14.6 Å². The monoisotopic (exact) mass is 396 g/mol. The first-order chi connectivity index (χ1) is 12.3. The number of nitrogens with two attached hydrogens (primary N) is 1. The highest BCUT2D eigenvalue weighted by atomic mass is 35.5. The normalized spacial score (nSPS) is 10.7. The van der Waals surface area contributed by atoms with Crippen LogP contribution in [-0.2, 0) is 0 Å². The van der Waals surface area contributed by atoms with E-state index in [4.69, 9.17) is 33.7 Å². The van der Waals surface area contributed by atoms with Gasteiger partial charge in [0.05, 0.1) is 15.7 Å². The minimum absolute atomic E-state index is 0.0385. The molecule has 0 radical (unpaired) electrons. The van der Waals surface area contributed by atoms with Crippen LogP contribution in [-0.4, -0.2) is 25.0 Å². The summed E-state index contributed by atoms with van der Waals surface area (Å²) < 4.78 is 6.34. The van der Waals surface area contributed by atoms with Crippen LogP contribution in [0.25, 0.3) is 5.69 Å². The molecule has 0 aliphatic carbocycles. The number of aromatic amines is 2. The summed E-state index contributed by atoms with van der Waals surface area (Å²) in [6.07, 6.45) is 0. The van der Waals surface area contributed by atoms with Crippen molar-refractivity contribution in [3.63, 3.8) is 0 Å². The average Bonchev–Trinajstić information content (AvgIpc) is 2.57. The molecule has 0 bridgehead atoms. The van der Waals surface area contributed by atoms with E-state index in [-0.39, 0.29) is 32.9 Å². The molecule has 0 unspecified atom stereocenters. The van der Waals surface area contributed by atoms with E-state index >= 15 is 0 Å². The van der Waals surface area contributed by atoms with Crippen LogP contribution in [0.15, 0.2) is 32.6 Å². The maximum Gasteiger partial charge on any atom is 0.349 e. The lowest BCUT2D eigenvalue weighted by Gasteiger charge is -2.11. The molecule has 2 aromatic heterocycles. The third-order valence-electron chi connectivity index (χ3n) is 3.25. The van der Waals surface area contributed by atoms with Crippen LogP contribution in [0.4, 0.5) is 5.82 Å². The molecule has 0 spiro atoms. The second kappa shape index (κ2) is 6.65. The number of nitrogens with zero attached hydrogens (tertiary/aromatic N) is 3. The van der Waals surface area contributed by atoms with E-state index in [1.807, 2.05) is 4.98 Å². The van der Waals surface area contributed by atoms with Crippen molar-refractivity contribution >= 4 is 29.0 Å². The van der Waals surface area contributed by atoms with Gasteiger partial charge in [0.25, 0.3) is 11.1 Å². The smallest absolute Gasteiger partial charge is 0.349 e. The molecule has 4 N–H and O–H groups in total.